The van der Waals surface area contributed by atoms with Crippen LogP contribution in [0.2, 0.25) is 0 Å². The Morgan fingerprint density at radius 1 is 1.64 bits per heavy atom. The second kappa shape index (κ2) is 5.92. The van der Waals surface area contributed by atoms with Crippen molar-refractivity contribution in [3.63, 3.8) is 0 Å². The summed E-state index contributed by atoms with van der Waals surface area (Å²) in [5, 5.41) is 2.89. The summed E-state index contributed by atoms with van der Waals surface area (Å²) in [4.78, 5) is 11.0. The first kappa shape index (κ1) is 10.2. The highest BCUT2D eigenvalue weighted by atomic mass is 16.5. The van der Waals surface area contributed by atoms with Gasteiger partial charge in [-0.05, 0) is 20.9 Å². The summed E-state index contributed by atoms with van der Waals surface area (Å²) in [7, 11) is 1.79. The predicted octanol–water partition coefficient (Wildman–Crippen LogP) is 0.715. The third-order valence-corrected chi connectivity index (χ3v) is 1.25. The van der Waals surface area contributed by atoms with Crippen molar-refractivity contribution in [1.82, 2.24) is 5.32 Å². The molecule has 0 aromatic rings. The minimum Gasteiger partial charge on any atom is -0.463 e. The molecule has 0 aromatic carbocycles. The van der Waals surface area contributed by atoms with Crippen LogP contribution in [0.3, 0.4) is 0 Å². The van der Waals surface area contributed by atoms with Gasteiger partial charge in [0, 0.05) is 12.1 Å². The maximum absolute atomic E-state index is 11.0. The number of ether oxygens (including phenoxy) is 1. The van der Waals surface area contributed by atoms with Gasteiger partial charge in [-0.15, -0.1) is 0 Å². The summed E-state index contributed by atoms with van der Waals surface area (Å²) >= 11 is 0. The van der Waals surface area contributed by atoms with Gasteiger partial charge in [0.05, 0.1) is 6.61 Å². The van der Waals surface area contributed by atoms with Crippen molar-refractivity contribution in [3.05, 3.63) is 11.6 Å². The number of likely N-dealkylation sites (N-methyl/N-ethyl adjacent to an activating group) is 1. The first-order valence-electron chi connectivity index (χ1n) is 3.73. The molecule has 64 valence electrons. The van der Waals surface area contributed by atoms with Crippen molar-refractivity contribution in [2.45, 2.75) is 13.8 Å². The standard InChI is InChI=1S/C8H15NO2/c1-4-7(6-9-3)8(10)11-5-2/h4,9H,5-6H2,1-3H3/b7-4+. The molecule has 0 aliphatic heterocycles. The Morgan fingerprint density at radius 3 is 2.64 bits per heavy atom. The van der Waals surface area contributed by atoms with Gasteiger partial charge in [0.15, 0.2) is 0 Å². The van der Waals surface area contributed by atoms with E-state index in [9.17, 15) is 4.79 Å². The second-order valence-electron chi connectivity index (χ2n) is 2.06. The molecule has 0 saturated heterocycles. The van der Waals surface area contributed by atoms with Gasteiger partial charge in [-0.2, -0.15) is 0 Å². The third kappa shape index (κ3) is 3.78. The van der Waals surface area contributed by atoms with E-state index in [-0.39, 0.29) is 5.97 Å². The molecule has 0 fully saturated rings. The number of nitrogens with one attached hydrogen (secondary N) is 1. The van der Waals surface area contributed by atoms with Crippen LogP contribution in [0.1, 0.15) is 13.8 Å². The highest BCUT2D eigenvalue weighted by molar-refractivity contribution is 5.88. The van der Waals surface area contributed by atoms with E-state index in [1.54, 1.807) is 20.0 Å². The molecule has 0 aromatic heterocycles. The summed E-state index contributed by atoms with van der Waals surface area (Å²) in [5.74, 6) is -0.232. The summed E-state index contributed by atoms with van der Waals surface area (Å²) in [5.41, 5.74) is 0.675. The Hall–Kier alpha value is -0.830. The van der Waals surface area contributed by atoms with Crippen LogP contribution in [0.5, 0.6) is 0 Å². The van der Waals surface area contributed by atoms with Gasteiger partial charge < -0.3 is 10.1 Å². The fourth-order valence-corrected chi connectivity index (χ4v) is 0.706. The van der Waals surface area contributed by atoms with Crippen LogP contribution in [0.4, 0.5) is 0 Å². The van der Waals surface area contributed by atoms with Gasteiger partial charge in [0.1, 0.15) is 0 Å². The first-order valence-corrected chi connectivity index (χ1v) is 3.73. The number of allylic oxidation sites excluding steroid dienone is 1. The number of hydrogen-bond donors (Lipinski definition) is 1. The van der Waals surface area contributed by atoms with E-state index in [2.05, 4.69) is 5.32 Å². The molecule has 0 rings (SSSR count). The molecule has 0 saturated carbocycles. The Balaban J connectivity index is 3.94. The lowest BCUT2D eigenvalue weighted by atomic mass is 10.2. The Kier molecular flexibility index (Phi) is 5.47. The molecule has 0 atom stereocenters. The number of hydrogen-bond acceptors (Lipinski definition) is 3. The first-order chi connectivity index (χ1) is 5.26. The van der Waals surface area contributed by atoms with Crippen LogP contribution in [0.25, 0.3) is 0 Å². The minimum atomic E-state index is -0.232. The van der Waals surface area contributed by atoms with Crippen molar-refractivity contribution in [2.24, 2.45) is 0 Å². The third-order valence-electron chi connectivity index (χ3n) is 1.25. The highest BCUT2D eigenvalue weighted by Crippen LogP contribution is 1.95. The average Bonchev–Trinajstić information content (AvgIpc) is 2.00. The number of rotatable bonds is 4. The summed E-state index contributed by atoms with van der Waals surface area (Å²) < 4.78 is 4.80. The van der Waals surface area contributed by atoms with Crippen molar-refractivity contribution >= 4 is 5.97 Å². The molecule has 0 aliphatic rings. The van der Waals surface area contributed by atoms with Crippen LogP contribution in [-0.2, 0) is 9.53 Å². The quantitative estimate of drug-likeness (QED) is 0.482. The highest BCUT2D eigenvalue weighted by Gasteiger charge is 2.06. The lowest BCUT2D eigenvalue weighted by Gasteiger charge is -2.04. The molecule has 0 unspecified atom stereocenters. The Labute approximate surface area is 67.4 Å². The lowest BCUT2D eigenvalue weighted by Crippen LogP contribution is -2.18. The van der Waals surface area contributed by atoms with Crippen molar-refractivity contribution in [2.75, 3.05) is 20.2 Å². The average molecular weight is 157 g/mol. The molecule has 0 heterocycles. The summed E-state index contributed by atoms with van der Waals surface area (Å²) in [6.07, 6.45) is 1.76. The lowest BCUT2D eigenvalue weighted by molar-refractivity contribution is -0.138. The summed E-state index contributed by atoms with van der Waals surface area (Å²) in [6, 6.07) is 0. The van der Waals surface area contributed by atoms with Gasteiger partial charge in [-0.1, -0.05) is 6.08 Å². The van der Waals surface area contributed by atoms with Gasteiger partial charge in [0.2, 0.25) is 0 Å². The number of esters is 1. The van der Waals surface area contributed by atoms with Crippen molar-refractivity contribution < 1.29 is 9.53 Å². The smallest absolute Gasteiger partial charge is 0.334 e. The molecule has 0 aliphatic carbocycles. The van der Waals surface area contributed by atoms with E-state index >= 15 is 0 Å². The maximum atomic E-state index is 11.0. The van der Waals surface area contributed by atoms with Gasteiger partial charge >= 0.3 is 5.97 Å². The fourth-order valence-electron chi connectivity index (χ4n) is 0.706. The van der Waals surface area contributed by atoms with Crippen LogP contribution in [0, 0.1) is 0 Å². The van der Waals surface area contributed by atoms with Crippen LogP contribution >= 0.6 is 0 Å². The molecule has 0 bridgehead atoms. The van der Waals surface area contributed by atoms with Crippen LogP contribution in [-0.4, -0.2) is 26.2 Å². The van der Waals surface area contributed by atoms with E-state index in [0.29, 0.717) is 18.7 Å². The molecular formula is C8H15NO2. The van der Waals surface area contributed by atoms with E-state index in [1.165, 1.54) is 0 Å². The molecule has 11 heavy (non-hydrogen) atoms. The fraction of sp³-hybridized carbons (Fsp3) is 0.625. The monoisotopic (exact) mass is 157 g/mol. The zero-order valence-corrected chi connectivity index (χ0v) is 7.31. The minimum absolute atomic E-state index is 0.232. The number of carbonyl (C=O) groups excluding carboxylic acids is 1. The van der Waals surface area contributed by atoms with E-state index in [1.807, 2.05) is 6.92 Å². The zero-order valence-electron chi connectivity index (χ0n) is 7.31. The maximum Gasteiger partial charge on any atom is 0.334 e. The largest absolute Gasteiger partial charge is 0.463 e. The molecule has 0 radical (unpaired) electrons. The molecule has 0 spiro atoms. The summed E-state index contributed by atoms with van der Waals surface area (Å²) in [6.45, 7) is 4.61. The van der Waals surface area contributed by atoms with Gasteiger partial charge in [-0.3, -0.25) is 0 Å². The topological polar surface area (TPSA) is 38.3 Å². The normalized spacial score (nSPS) is 11.4. The Morgan fingerprint density at radius 2 is 2.27 bits per heavy atom. The Bertz CT molecular complexity index is 152. The zero-order chi connectivity index (χ0) is 8.69. The van der Waals surface area contributed by atoms with Crippen molar-refractivity contribution in [1.29, 1.82) is 0 Å². The van der Waals surface area contributed by atoms with Gasteiger partial charge in [0.25, 0.3) is 0 Å². The molecular weight excluding hydrogens is 142 g/mol. The molecule has 3 nitrogen and oxygen atoms in total. The predicted molar refractivity (Wildman–Crippen MR) is 44.3 cm³/mol. The van der Waals surface area contributed by atoms with Crippen molar-refractivity contribution in [3.8, 4) is 0 Å². The van der Waals surface area contributed by atoms with Crippen LogP contribution in [0.15, 0.2) is 11.6 Å². The van der Waals surface area contributed by atoms with E-state index < -0.39 is 0 Å². The molecule has 0 amide bonds. The van der Waals surface area contributed by atoms with Crippen LogP contribution < -0.4 is 5.32 Å². The molecule has 3 heteroatoms. The SMILES string of the molecule is C/C=C(\CNC)C(=O)OCC. The second-order valence-corrected chi connectivity index (χ2v) is 2.06. The van der Waals surface area contributed by atoms with Gasteiger partial charge in [-0.25, -0.2) is 4.79 Å². The van der Waals surface area contributed by atoms with E-state index in [4.69, 9.17) is 4.74 Å². The van der Waals surface area contributed by atoms with E-state index in [0.717, 1.165) is 0 Å². The molecule has 1 N–H and O–H groups in total. The number of carbonyl (C=O) groups is 1.